The van der Waals surface area contributed by atoms with Gasteiger partial charge in [-0.3, -0.25) is 29.4 Å². The fourth-order valence-electron chi connectivity index (χ4n) is 2.92. The number of carbonyl (C=O) groups is 5. The van der Waals surface area contributed by atoms with E-state index in [9.17, 15) is 32.3 Å². The zero-order valence-electron chi connectivity index (χ0n) is 16.0. The lowest BCUT2D eigenvalue weighted by Gasteiger charge is -2.27. The van der Waals surface area contributed by atoms with Gasteiger partial charge in [-0.2, -0.15) is 13.2 Å². The number of alkyl halides is 3. The monoisotopic (exact) mass is 444 g/mol. The standard InChI is InChI=1S/C16H18N4O4.C2HF3O2/c17-6-1-7-18-9-2-3-10-11(8-9)16(24)20(15(10)23)12-4-5-13(21)19-14(12)22;3-2(4,5)1(6)7/h2-3,8,12,18H,1,4-7,17H2,(H,19,21,22);(H,6,7). The number of amides is 4. The van der Waals surface area contributed by atoms with E-state index in [1.54, 1.807) is 18.2 Å². The van der Waals surface area contributed by atoms with E-state index in [1.165, 1.54) is 0 Å². The van der Waals surface area contributed by atoms with Crippen molar-refractivity contribution in [3.63, 3.8) is 0 Å². The first-order chi connectivity index (χ1) is 14.5. The number of imide groups is 2. The highest BCUT2D eigenvalue weighted by Crippen LogP contribution is 2.29. The third kappa shape index (κ3) is 5.57. The van der Waals surface area contributed by atoms with Crippen molar-refractivity contribution < 1.29 is 42.3 Å². The summed E-state index contributed by atoms with van der Waals surface area (Å²) >= 11 is 0. The second-order valence-electron chi connectivity index (χ2n) is 6.58. The Morgan fingerprint density at radius 1 is 1.19 bits per heavy atom. The highest BCUT2D eigenvalue weighted by molar-refractivity contribution is 6.23. The molecule has 2 aliphatic heterocycles. The number of fused-ring (bicyclic) bond motifs is 1. The van der Waals surface area contributed by atoms with Crippen LogP contribution in [0.3, 0.4) is 0 Å². The Morgan fingerprint density at radius 2 is 1.81 bits per heavy atom. The number of halogens is 3. The minimum absolute atomic E-state index is 0.107. The van der Waals surface area contributed by atoms with Gasteiger partial charge in [-0.25, -0.2) is 4.79 Å². The molecule has 0 aliphatic carbocycles. The fourth-order valence-corrected chi connectivity index (χ4v) is 2.92. The molecule has 5 N–H and O–H groups in total. The molecule has 0 aromatic heterocycles. The van der Waals surface area contributed by atoms with Crippen LogP contribution in [-0.2, 0) is 14.4 Å². The minimum Gasteiger partial charge on any atom is -0.475 e. The molecular formula is C18H19F3N4O6. The van der Waals surface area contributed by atoms with Crippen LogP contribution in [0.4, 0.5) is 18.9 Å². The Hall–Kier alpha value is -3.48. The summed E-state index contributed by atoms with van der Waals surface area (Å²) < 4.78 is 31.7. The van der Waals surface area contributed by atoms with Crippen molar-refractivity contribution in [1.82, 2.24) is 10.2 Å². The molecule has 168 valence electrons. The first-order valence-corrected chi connectivity index (χ1v) is 9.07. The van der Waals surface area contributed by atoms with Gasteiger partial charge in [0.2, 0.25) is 11.8 Å². The summed E-state index contributed by atoms with van der Waals surface area (Å²) in [7, 11) is 0. The SMILES string of the molecule is NCCCNc1ccc2c(c1)C(=O)N(C1CCC(=O)NC1=O)C2=O.O=C(O)C(F)(F)F. The van der Waals surface area contributed by atoms with Crippen LogP contribution < -0.4 is 16.4 Å². The number of hydrogen-bond acceptors (Lipinski definition) is 7. The Bertz CT molecular complexity index is 918. The number of aliphatic carboxylic acids is 1. The molecule has 0 spiro atoms. The topological polar surface area (TPSA) is 159 Å². The number of carboxylic acids is 1. The van der Waals surface area contributed by atoms with Crippen molar-refractivity contribution in [3.8, 4) is 0 Å². The van der Waals surface area contributed by atoms with Crippen molar-refractivity contribution in [3.05, 3.63) is 29.3 Å². The number of carboxylic acid groups (broad SMARTS) is 1. The van der Waals surface area contributed by atoms with Crippen LogP contribution in [0.15, 0.2) is 18.2 Å². The van der Waals surface area contributed by atoms with Gasteiger partial charge in [0.15, 0.2) is 0 Å². The van der Waals surface area contributed by atoms with Crippen LogP contribution in [0.2, 0.25) is 0 Å². The van der Waals surface area contributed by atoms with Gasteiger partial charge >= 0.3 is 12.1 Å². The summed E-state index contributed by atoms with van der Waals surface area (Å²) in [6, 6.07) is 3.96. The third-order valence-corrected chi connectivity index (χ3v) is 4.39. The van der Waals surface area contributed by atoms with Gasteiger partial charge in [0.25, 0.3) is 11.8 Å². The molecule has 10 nitrogen and oxygen atoms in total. The highest BCUT2D eigenvalue weighted by atomic mass is 19.4. The maximum atomic E-state index is 12.6. The van der Waals surface area contributed by atoms with Crippen LogP contribution in [-0.4, -0.2) is 64.9 Å². The molecule has 1 fully saturated rings. The lowest BCUT2D eigenvalue weighted by atomic mass is 10.0. The average molecular weight is 444 g/mol. The molecule has 1 aromatic rings. The Balaban J connectivity index is 0.000000423. The van der Waals surface area contributed by atoms with Gasteiger partial charge in [-0.1, -0.05) is 0 Å². The van der Waals surface area contributed by atoms with Crippen LogP contribution in [0.5, 0.6) is 0 Å². The van der Waals surface area contributed by atoms with Gasteiger partial charge in [-0.05, 0) is 37.6 Å². The van der Waals surface area contributed by atoms with Crippen LogP contribution in [0, 0.1) is 0 Å². The molecule has 2 aliphatic rings. The van der Waals surface area contributed by atoms with Gasteiger partial charge in [0, 0.05) is 18.7 Å². The molecule has 1 saturated heterocycles. The lowest BCUT2D eigenvalue weighted by Crippen LogP contribution is -2.54. The van der Waals surface area contributed by atoms with Crippen LogP contribution in [0.25, 0.3) is 0 Å². The predicted octanol–water partition coefficient (Wildman–Crippen LogP) is 0.482. The summed E-state index contributed by atoms with van der Waals surface area (Å²) in [5, 5.41) is 12.4. The van der Waals surface area contributed by atoms with Crippen molar-refractivity contribution in [1.29, 1.82) is 0 Å². The first kappa shape index (κ1) is 23.8. The molecule has 1 atom stereocenters. The third-order valence-electron chi connectivity index (χ3n) is 4.39. The quantitative estimate of drug-likeness (QED) is 0.377. The second kappa shape index (κ2) is 9.55. The molecule has 0 bridgehead atoms. The molecule has 0 radical (unpaired) electrons. The summed E-state index contributed by atoms with van der Waals surface area (Å²) in [6.07, 6.45) is -4.04. The number of rotatable bonds is 5. The molecule has 2 heterocycles. The number of hydrogen-bond donors (Lipinski definition) is 4. The van der Waals surface area contributed by atoms with E-state index in [0.29, 0.717) is 18.8 Å². The Labute approximate surface area is 173 Å². The largest absolute Gasteiger partial charge is 0.490 e. The number of nitrogens with one attached hydrogen (secondary N) is 2. The van der Waals surface area contributed by atoms with E-state index in [0.717, 1.165) is 11.3 Å². The smallest absolute Gasteiger partial charge is 0.475 e. The lowest BCUT2D eigenvalue weighted by molar-refractivity contribution is -0.192. The van der Waals surface area contributed by atoms with Crippen molar-refractivity contribution in [2.24, 2.45) is 5.73 Å². The summed E-state index contributed by atoms with van der Waals surface area (Å²) in [5.74, 6) is -4.77. The van der Waals surface area contributed by atoms with Crippen molar-refractivity contribution in [2.75, 3.05) is 18.4 Å². The van der Waals surface area contributed by atoms with Gasteiger partial charge in [-0.15, -0.1) is 0 Å². The predicted molar refractivity (Wildman–Crippen MR) is 99.0 cm³/mol. The van der Waals surface area contributed by atoms with Gasteiger partial charge in [0.1, 0.15) is 6.04 Å². The summed E-state index contributed by atoms with van der Waals surface area (Å²) in [4.78, 5) is 58.2. The maximum Gasteiger partial charge on any atom is 0.490 e. The number of nitrogens with two attached hydrogens (primary N) is 1. The van der Waals surface area contributed by atoms with Crippen LogP contribution >= 0.6 is 0 Å². The Kier molecular flexibility index (Phi) is 7.33. The molecule has 4 amide bonds. The van der Waals surface area contributed by atoms with E-state index in [4.69, 9.17) is 15.6 Å². The number of piperidine rings is 1. The minimum atomic E-state index is -5.08. The second-order valence-corrected chi connectivity index (χ2v) is 6.58. The zero-order valence-corrected chi connectivity index (χ0v) is 16.0. The van der Waals surface area contributed by atoms with Crippen LogP contribution in [0.1, 0.15) is 40.0 Å². The normalized spacial score (nSPS) is 18.2. The summed E-state index contributed by atoms with van der Waals surface area (Å²) in [6.45, 7) is 1.22. The molecule has 1 unspecified atom stereocenters. The van der Waals surface area contributed by atoms with E-state index in [2.05, 4.69) is 10.6 Å². The Morgan fingerprint density at radius 3 is 2.35 bits per heavy atom. The maximum absolute atomic E-state index is 12.6. The average Bonchev–Trinajstić information content (AvgIpc) is 2.92. The molecule has 3 rings (SSSR count). The number of benzene rings is 1. The van der Waals surface area contributed by atoms with E-state index in [-0.39, 0.29) is 29.9 Å². The fraction of sp³-hybridized carbons (Fsp3) is 0.389. The van der Waals surface area contributed by atoms with E-state index < -0.39 is 35.9 Å². The molecule has 1 aromatic carbocycles. The van der Waals surface area contributed by atoms with Gasteiger partial charge in [0.05, 0.1) is 11.1 Å². The van der Waals surface area contributed by atoms with Gasteiger partial charge < -0.3 is 16.2 Å². The molecule has 13 heteroatoms. The molecular weight excluding hydrogens is 425 g/mol. The number of carbonyl (C=O) groups excluding carboxylic acids is 4. The van der Waals surface area contributed by atoms with E-state index in [1.807, 2.05) is 0 Å². The zero-order chi connectivity index (χ0) is 23.3. The number of nitrogens with zero attached hydrogens (tertiary/aromatic N) is 1. The molecule has 0 saturated carbocycles. The van der Waals surface area contributed by atoms with Crippen molar-refractivity contribution in [2.45, 2.75) is 31.5 Å². The summed E-state index contributed by atoms with van der Waals surface area (Å²) in [5.41, 5.74) is 6.69. The van der Waals surface area contributed by atoms with Crippen molar-refractivity contribution >= 4 is 35.3 Å². The number of anilines is 1. The highest BCUT2D eigenvalue weighted by Gasteiger charge is 2.44. The van der Waals surface area contributed by atoms with E-state index >= 15 is 0 Å². The molecule has 31 heavy (non-hydrogen) atoms. The first-order valence-electron chi connectivity index (χ1n) is 9.07.